The molecule has 0 radical (unpaired) electrons. The summed E-state index contributed by atoms with van der Waals surface area (Å²) in [6.45, 7) is 2.30. The molecule has 0 aliphatic heterocycles. The minimum absolute atomic E-state index is 0.0997. The maximum absolute atomic E-state index is 13.8. The lowest BCUT2D eigenvalue weighted by Crippen LogP contribution is -2.32. The average molecular weight is 533 g/mol. The molecule has 196 valence electrons. The lowest BCUT2D eigenvalue weighted by molar-refractivity contribution is -0.143. The van der Waals surface area contributed by atoms with Gasteiger partial charge < -0.3 is 14.0 Å². The molecule has 0 saturated carbocycles. The number of sulfonamides is 1. The van der Waals surface area contributed by atoms with Gasteiger partial charge in [0.05, 0.1) is 39.9 Å². The van der Waals surface area contributed by atoms with Crippen molar-refractivity contribution in [2.45, 2.75) is 31.3 Å². The second-order valence-electron chi connectivity index (χ2n) is 8.48. The van der Waals surface area contributed by atoms with Crippen molar-refractivity contribution in [3.63, 3.8) is 0 Å². The molecule has 9 nitrogen and oxygen atoms in total. The van der Waals surface area contributed by atoms with E-state index in [4.69, 9.17) is 14.7 Å². The van der Waals surface area contributed by atoms with Crippen molar-refractivity contribution in [3.05, 3.63) is 84.2 Å². The SMILES string of the molecule is CCOC(=O)CCCN(c1ccccc1)S(=O)(=O)c1ccc2c(c1)nc(COc1ccc(C#N)cc1)n2C. The van der Waals surface area contributed by atoms with E-state index >= 15 is 0 Å². The number of ether oxygens (including phenoxy) is 2. The van der Waals surface area contributed by atoms with Gasteiger partial charge in [-0.15, -0.1) is 0 Å². The van der Waals surface area contributed by atoms with E-state index in [2.05, 4.69) is 11.1 Å². The Balaban J connectivity index is 1.58. The zero-order valence-corrected chi connectivity index (χ0v) is 22.0. The first-order valence-corrected chi connectivity index (χ1v) is 13.6. The zero-order chi connectivity index (χ0) is 27.1. The van der Waals surface area contributed by atoms with E-state index in [0.29, 0.717) is 34.8 Å². The van der Waals surface area contributed by atoms with E-state index in [0.717, 1.165) is 5.52 Å². The van der Waals surface area contributed by atoms with Gasteiger partial charge in [-0.1, -0.05) is 18.2 Å². The highest BCUT2D eigenvalue weighted by molar-refractivity contribution is 7.92. The van der Waals surface area contributed by atoms with Crippen LogP contribution < -0.4 is 9.04 Å². The number of hydrogen-bond acceptors (Lipinski definition) is 7. The molecule has 0 bridgehead atoms. The van der Waals surface area contributed by atoms with Gasteiger partial charge in [0.25, 0.3) is 10.0 Å². The lowest BCUT2D eigenvalue weighted by atomic mass is 10.2. The van der Waals surface area contributed by atoms with E-state index in [9.17, 15) is 13.2 Å². The average Bonchev–Trinajstić information content (AvgIpc) is 3.25. The highest BCUT2D eigenvalue weighted by Crippen LogP contribution is 2.27. The Morgan fingerprint density at radius 1 is 1.08 bits per heavy atom. The summed E-state index contributed by atoms with van der Waals surface area (Å²) >= 11 is 0. The van der Waals surface area contributed by atoms with Crippen molar-refractivity contribution in [2.24, 2.45) is 7.05 Å². The molecule has 0 fully saturated rings. The van der Waals surface area contributed by atoms with Gasteiger partial charge in [0.2, 0.25) is 0 Å². The van der Waals surface area contributed by atoms with Gasteiger partial charge in [0.15, 0.2) is 0 Å². The molecular formula is C28H28N4O5S. The highest BCUT2D eigenvalue weighted by atomic mass is 32.2. The molecule has 0 amide bonds. The number of anilines is 1. The molecule has 0 spiro atoms. The predicted molar refractivity (Wildman–Crippen MR) is 143 cm³/mol. The van der Waals surface area contributed by atoms with Crippen molar-refractivity contribution in [1.29, 1.82) is 5.26 Å². The molecule has 38 heavy (non-hydrogen) atoms. The summed E-state index contributed by atoms with van der Waals surface area (Å²) in [6.07, 6.45) is 0.435. The van der Waals surface area contributed by atoms with Gasteiger partial charge in [-0.25, -0.2) is 13.4 Å². The number of aromatic nitrogens is 2. The fourth-order valence-electron chi connectivity index (χ4n) is 4.00. The van der Waals surface area contributed by atoms with Crippen LogP contribution in [0.2, 0.25) is 0 Å². The van der Waals surface area contributed by atoms with E-state index < -0.39 is 10.0 Å². The summed E-state index contributed by atoms with van der Waals surface area (Å²) in [7, 11) is -2.11. The van der Waals surface area contributed by atoms with Crippen LogP contribution in [0.15, 0.2) is 77.7 Å². The number of carbonyl (C=O) groups is 1. The number of fused-ring (bicyclic) bond motifs is 1. The molecular weight excluding hydrogens is 504 g/mol. The Bertz CT molecular complexity index is 1560. The number of nitriles is 1. The van der Waals surface area contributed by atoms with Crippen LogP contribution in [0.1, 0.15) is 31.2 Å². The molecule has 0 aliphatic rings. The fraction of sp³-hybridized carbons (Fsp3) is 0.250. The molecule has 4 aromatic rings. The van der Waals surface area contributed by atoms with E-state index in [1.165, 1.54) is 4.31 Å². The molecule has 10 heteroatoms. The van der Waals surface area contributed by atoms with Crippen molar-refractivity contribution in [2.75, 3.05) is 17.5 Å². The topological polar surface area (TPSA) is 115 Å². The minimum atomic E-state index is -3.95. The van der Waals surface area contributed by atoms with Gasteiger partial charge in [-0.05, 0) is 67.9 Å². The Kier molecular flexibility index (Phi) is 8.28. The summed E-state index contributed by atoms with van der Waals surface area (Å²) in [5.41, 5.74) is 2.33. The summed E-state index contributed by atoms with van der Waals surface area (Å²) in [6, 6.07) is 22.5. The Hall–Kier alpha value is -4.36. The third kappa shape index (κ3) is 5.95. The quantitative estimate of drug-likeness (QED) is 0.260. The number of para-hydroxylation sites is 1. The molecule has 0 saturated heterocycles. The number of aryl methyl sites for hydroxylation is 1. The highest BCUT2D eigenvalue weighted by Gasteiger charge is 2.26. The summed E-state index contributed by atoms with van der Waals surface area (Å²) in [5.74, 6) is 0.859. The number of hydrogen-bond donors (Lipinski definition) is 0. The van der Waals surface area contributed by atoms with Crippen LogP contribution in [-0.2, 0) is 33.2 Å². The van der Waals surface area contributed by atoms with Crippen LogP contribution in [0.5, 0.6) is 5.75 Å². The largest absolute Gasteiger partial charge is 0.486 e. The smallest absolute Gasteiger partial charge is 0.305 e. The van der Waals surface area contributed by atoms with Crippen LogP contribution in [0.3, 0.4) is 0 Å². The summed E-state index contributed by atoms with van der Waals surface area (Å²) in [5, 5.41) is 8.95. The number of nitrogens with zero attached hydrogens (tertiary/aromatic N) is 4. The van der Waals surface area contributed by atoms with Gasteiger partial charge >= 0.3 is 5.97 Å². The van der Waals surface area contributed by atoms with Crippen LogP contribution in [-0.4, -0.2) is 37.1 Å². The molecule has 0 atom stereocenters. The molecule has 0 N–H and O–H groups in total. The second-order valence-corrected chi connectivity index (χ2v) is 10.3. The van der Waals surface area contributed by atoms with Crippen molar-refractivity contribution in [1.82, 2.24) is 9.55 Å². The third-order valence-electron chi connectivity index (χ3n) is 5.98. The number of benzene rings is 3. The zero-order valence-electron chi connectivity index (χ0n) is 21.2. The van der Waals surface area contributed by atoms with Crippen molar-refractivity contribution in [3.8, 4) is 11.8 Å². The fourth-order valence-corrected chi connectivity index (χ4v) is 5.53. The van der Waals surface area contributed by atoms with Crippen molar-refractivity contribution < 1.29 is 22.7 Å². The van der Waals surface area contributed by atoms with Crippen molar-refractivity contribution >= 4 is 32.7 Å². The number of carbonyl (C=O) groups excluding carboxylic acids is 1. The van der Waals surface area contributed by atoms with Crippen LogP contribution in [0.4, 0.5) is 5.69 Å². The van der Waals surface area contributed by atoms with Crippen LogP contribution in [0.25, 0.3) is 11.0 Å². The summed E-state index contributed by atoms with van der Waals surface area (Å²) in [4.78, 5) is 16.5. The molecule has 0 unspecified atom stereocenters. The Labute approximate surface area is 221 Å². The van der Waals surface area contributed by atoms with Gasteiger partial charge in [0.1, 0.15) is 18.2 Å². The second kappa shape index (κ2) is 11.8. The normalized spacial score (nSPS) is 11.2. The maximum atomic E-state index is 13.8. The first-order chi connectivity index (χ1) is 18.3. The van der Waals surface area contributed by atoms with Gasteiger partial charge in [-0.3, -0.25) is 9.10 Å². The third-order valence-corrected chi connectivity index (χ3v) is 7.80. The monoisotopic (exact) mass is 532 g/mol. The predicted octanol–water partition coefficient (Wildman–Crippen LogP) is 4.56. The number of esters is 1. The Morgan fingerprint density at radius 3 is 2.50 bits per heavy atom. The van der Waals surface area contributed by atoms with E-state index in [1.807, 2.05) is 17.7 Å². The number of rotatable bonds is 11. The minimum Gasteiger partial charge on any atom is -0.486 e. The lowest BCUT2D eigenvalue weighted by Gasteiger charge is -2.24. The van der Waals surface area contributed by atoms with Crippen LogP contribution in [0, 0.1) is 11.3 Å². The van der Waals surface area contributed by atoms with Gasteiger partial charge in [0, 0.05) is 20.0 Å². The summed E-state index contributed by atoms with van der Waals surface area (Å²) < 4.78 is 41.5. The Morgan fingerprint density at radius 2 is 1.82 bits per heavy atom. The van der Waals surface area contributed by atoms with Gasteiger partial charge in [-0.2, -0.15) is 5.26 Å². The molecule has 0 aliphatic carbocycles. The van der Waals surface area contributed by atoms with E-state index in [-0.39, 0.29) is 37.0 Å². The maximum Gasteiger partial charge on any atom is 0.305 e. The van der Waals surface area contributed by atoms with E-state index in [1.54, 1.807) is 73.7 Å². The molecule has 1 heterocycles. The number of imidazole rings is 1. The van der Waals surface area contributed by atoms with Crippen LogP contribution >= 0.6 is 0 Å². The first kappa shape index (κ1) is 26.7. The molecule has 3 aromatic carbocycles. The first-order valence-electron chi connectivity index (χ1n) is 12.1. The molecule has 1 aromatic heterocycles. The molecule has 4 rings (SSSR count). The standard InChI is InChI=1S/C28H28N4O5S/c1-3-36-28(33)10-7-17-32(22-8-5-4-6-9-22)38(34,35)24-15-16-26-25(18-24)30-27(31(26)2)20-37-23-13-11-21(19-29)12-14-23/h4-6,8-9,11-16,18H,3,7,10,17,20H2,1-2H3.